The van der Waals surface area contributed by atoms with Crippen molar-refractivity contribution >= 4 is 23.3 Å². The number of carboxylic acids is 1. The number of hydrogen-bond donors (Lipinski definition) is 1. The summed E-state index contributed by atoms with van der Waals surface area (Å²) in [6.45, 7) is 6.04. The zero-order chi connectivity index (χ0) is 22.9. The second-order valence-corrected chi connectivity index (χ2v) is 8.70. The second kappa shape index (κ2) is 11.6. The third-order valence-corrected chi connectivity index (χ3v) is 6.48. The summed E-state index contributed by atoms with van der Waals surface area (Å²) in [4.78, 5) is 11.9. The molecule has 0 fully saturated rings. The Morgan fingerprint density at radius 2 is 1.47 bits per heavy atom. The van der Waals surface area contributed by atoms with Crippen molar-refractivity contribution in [3.8, 4) is 5.75 Å². The van der Waals surface area contributed by atoms with E-state index in [-0.39, 0.29) is 6.61 Å². The number of ether oxygens (including phenoxy) is 1. The lowest BCUT2D eigenvalue weighted by Gasteiger charge is -2.12. The molecule has 0 atom stereocenters. The minimum absolute atomic E-state index is 0.328. The molecule has 0 spiro atoms. The standard InChI is InChI=1S/C28H30O3S/c1-4-21-6-10-23(11-7-21)26(24-12-8-22(5-2)9-13-24)16-17-32-27-15-14-25(18-20(27)3)31-19-28(29)30/h6-16,18H,4-5,17,19H2,1-3H3,(H,29,30). The Hall–Kier alpha value is -2.98. The summed E-state index contributed by atoms with van der Waals surface area (Å²) in [5.41, 5.74) is 7.44. The van der Waals surface area contributed by atoms with E-state index in [9.17, 15) is 4.79 Å². The first-order valence-electron chi connectivity index (χ1n) is 11.0. The molecule has 166 valence electrons. The molecule has 32 heavy (non-hydrogen) atoms. The van der Waals surface area contributed by atoms with E-state index in [0.717, 1.165) is 29.1 Å². The van der Waals surface area contributed by atoms with Gasteiger partial charge in [0.2, 0.25) is 0 Å². The highest BCUT2D eigenvalue weighted by molar-refractivity contribution is 7.99. The summed E-state index contributed by atoms with van der Waals surface area (Å²) in [5.74, 6) is 0.437. The van der Waals surface area contributed by atoms with Gasteiger partial charge in [-0.3, -0.25) is 0 Å². The van der Waals surface area contributed by atoms with Crippen molar-refractivity contribution < 1.29 is 14.6 Å². The van der Waals surface area contributed by atoms with E-state index >= 15 is 0 Å². The fraction of sp³-hybridized carbons (Fsp3) is 0.250. The Balaban J connectivity index is 1.80. The summed E-state index contributed by atoms with van der Waals surface area (Å²) in [6.07, 6.45) is 4.36. The van der Waals surface area contributed by atoms with Crippen LogP contribution in [0, 0.1) is 6.92 Å². The summed E-state index contributed by atoms with van der Waals surface area (Å²) >= 11 is 1.76. The highest BCUT2D eigenvalue weighted by Crippen LogP contribution is 2.29. The SMILES string of the molecule is CCc1ccc(C(=CCSc2ccc(OCC(=O)O)cc2C)c2ccc(CC)cc2)cc1. The maximum atomic E-state index is 10.7. The third-order valence-electron chi connectivity index (χ3n) is 5.38. The fourth-order valence-electron chi connectivity index (χ4n) is 3.48. The number of aliphatic carboxylic acids is 1. The van der Waals surface area contributed by atoms with Crippen LogP contribution in [0.2, 0.25) is 0 Å². The van der Waals surface area contributed by atoms with Crippen molar-refractivity contribution in [3.63, 3.8) is 0 Å². The van der Waals surface area contributed by atoms with Crippen LogP contribution in [-0.2, 0) is 17.6 Å². The molecule has 3 rings (SSSR count). The van der Waals surface area contributed by atoms with E-state index in [4.69, 9.17) is 9.84 Å². The van der Waals surface area contributed by atoms with Gasteiger partial charge in [-0.25, -0.2) is 4.79 Å². The highest BCUT2D eigenvalue weighted by Gasteiger charge is 2.07. The van der Waals surface area contributed by atoms with E-state index in [2.05, 4.69) is 68.5 Å². The van der Waals surface area contributed by atoms with Gasteiger partial charge in [-0.1, -0.05) is 68.5 Å². The molecule has 0 aliphatic heterocycles. The number of carbonyl (C=O) groups is 1. The Bertz CT molecular complexity index is 1020. The first kappa shape index (κ1) is 23.7. The van der Waals surface area contributed by atoms with Gasteiger partial charge >= 0.3 is 5.97 Å². The molecule has 0 aliphatic rings. The predicted octanol–water partition coefficient (Wildman–Crippen LogP) is 6.81. The van der Waals surface area contributed by atoms with Gasteiger partial charge in [0.25, 0.3) is 0 Å². The topological polar surface area (TPSA) is 46.5 Å². The number of carboxylic acid groups (broad SMARTS) is 1. The number of benzene rings is 3. The molecule has 0 saturated heterocycles. The summed E-state index contributed by atoms with van der Waals surface area (Å²) < 4.78 is 5.28. The molecule has 0 aliphatic carbocycles. The van der Waals surface area contributed by atoms with Crippen LogP contribution < -0.4 is 4.74 Å². The molecule has 3 aromatic carbocycles. The highest BCUT2D eigenvalue weighted by atomic mass is 32.2. The molecule has 4 heteroatoms. The van der Waals surface area contributed by atoms with Gasteiger partial charge < -0.3 is 9.84 Å². The van der Waals surface area contributed by atoms with Crippen molar-refractivity contribution in [1.29, 1.82) is 0 Å². The molecule has 0 unspecified atom stereocenters. The summed E-state index contributed by atoms with van der Waals surface area (Å²) in [7, 11) is 0. The number of hydrogen-bond acceptors (Lipinski definition) is 3. The molecule has 3 nitrogen and oxygen atoms in total. The number of rotatable bonds is 10. The molecule has 0 heterocycles. The predicted molar refractivity (Wildman–Crippen MR) is 134 cm³/mol. The van der Waals surface area contributed by atoms with Gasteiger partial charge in [-0.15, -0.1) is 11.8 Å². The Labute approximate surface area is 195 Å². The molecule has 3 aromatic rings. The van der Waals surface area contributed by atoms with Gasteiger partial charge in [0, 0.05) is 10.6 Å². The number of thioether (sulfide) groups is 1. The van der Waals surface area contributed by atoms with Gasteiger partial charge in [0.15, 0.2) is 6.61 Å². The quantitative estimate of drug-likeness (QED) is 0.348. The molecular formula is C28H30O3S. The summed E-state index contributed by atoms with van der Waals surface area (Å²) in [6, 6.07) is 23.4. The fourth-order valence-corrected chi connectivity index (χ4v) is 4.36. The second-order valence-electron chi connectivity index (χ2n) is 7.64. The van der Waals surface area contributed by atoms with Crippen molar-refractivity contribution in [2.24, 2.45) is 0 Å². The lowest BCUT2D eigenvalue weighted by molar-refractivity contribution is -0.139. The van der Waals surface area contributed by atoms with Crippen LogP contribution in [0.1, 0.15) is 41.7 Å². The maximum Gasteiger partial charge on any atom is 0.341 e. The molecule has 1 N–H and O–H groups in total. The van der Waals surface area contributed by atoms with E-state index in [0.29, 0.717) is 5.75 Å². The number of aryl methyl sites for hydroxylation is 3. The smallest absolute Gasteiger partial charge is 0.341 e. The maximum absolute atomic E-state index is 10.7. The third kappa shape index (κ3) is 6.51. The van der Waals surface area contributed by atoms with Crippen molar-refractivity contribution in [3.05, 3.63) is 101 Å². The first-order chi connectivity index (χ1) is 15.5. The van der Waals surface area contributed by atoms with E-state index in [1.54, 1.807) is 11.8 Å². The molecule has 0 bridgehead atoms. The molecule has 0 amide bonds. The van der Waals surface area contributed by atoms with Crippen molar-refractivity contribution in [1.82, 2.24) is 0 Å². The Morgan fingerprint density at radius 1 is 0.906 bits per heavy atom. The average molecular weight is 447 g/mol. The first-order valence-corrected chi connectivity index (χ1v) is 12.0. The molecule has 0 radical (unpaired) electrons. The normalized spacial score (nSPS) is 10.6. The zero-order valence-corrected chi connectivity index (χ0v) is 19.7. The van der Waals surface area contributed by atoms with Crippen LogP contribution >= 0.6 is 11.8 Å². The summed E-state index contributed by atoms with van der Waals surface area (Å²) in [5, 5.41) is 8.78. The van der Waals surface area contributed by atoms with Gasteiger partial charge in [0.1, 0.15) is 5.75 Å². The van der Waals surface area contributed by atoms with Gasteiger partial charge in [-0.05, 0) is 71.4 Å². The van der Waals surface area contributed by atoms with Crippen LogP contribution in [0.5, 0.6) is 5.75 Å². The van der Waals surface area contributed by atoms with E-state index < -0.39 is 5.97 Å². The average Bonchev–Trinajstić information content (AvgIpc) is 2.82. The monoisotopic (exact) mass is 446 g/mol. The molecule has 0 aromatic heterocycles. The van der Waals surface area contributed by atoms with Crippen molar-refractivity contribution in [2.45, 2.75) is 38.5 Å². The van der Waals surface area contributed by atoms with Crippen LogP contribution in [-0.4, -0.2) is 23.4 Å². The Morgan fingerprint density at radius 3 is 1.94 bits per heavy atom. The van der Waals surface area contributed by atoms with Gasteiger partial charge in [-0.2, -0.15) is 0 Å². The van der Waals surface area contributed by atoms with Crippen LogP contribution in [0.15, 0.2) is 77.7 Å². The lowest BCUT2D eigenvalue weighted by Crippen LogP contribution is -2.09. The van der Waals surface area contributed by atoms with Crippen LogP contribution in [0.25, 0.3) is 5.57 Å². The van der Waals surface area contributed by atoms with E-state index in [1.165, 1.54) is 27.8 Å². The van der Waals surface area contributed by atoms with Crippen LogP contribution in [0.3, 0.4) is 0 Å². The van der Waals surface area contributed by atoms with Gasteiger partial charge in [0.05, 0.1) is 0 Å². The molecule has 0 saturated carbocycles. The lowest BCUT2D eigenvalue weighted by atomic mass is 9.95. The minimum atomic E-state index is -0.974. The molecular weight excluding hydrogens is 416 g/mol. The minimum Gasteiger partial charge on any atom is -0.482 e. The van der Waals surface area contributed by atoms with E-state index in [1.807, 2.05) is 25.1 Å². The van der Waals surface area contributed by atoms with Crippen molar-refractivity contribution in [2.75, 3.05) is 12.4 Å². The Kier molecular flexibility index (Phi) is 8.57. The largest absolute Gasteiger partial charge is 0.482 e. The van der Waals surface area contributed by atoms with Crippen LogP contribution in [0.4, 0.5) is 0 Å². The zero-order valence-electron chi connectivity index (χ0n) is 18.9.